The van der Waals surface area contributed by atoms with E-state index < -0.39 is 0 Å². The summed E-state index contributed by atoms with van der Waals surface area (Å²) >= 11 is 0. The van der Waals surface area contributed by atoms with Crippen LogP contribution in [0.15, 0.2) is 247 Å². The minimum atomic E-state index is 0.878. The predicted octanol–water partition coefficient (Wildman–Crippen LogP) is 17.6. The van der Waals surface area contributed by atoms with E-state index in [0.717, 1.165) is 44.5 Å². The highest BCUT2D eigenvalue weighted by atomic mass is 16.3. The summed E-state index contributed by atoms with van der Waals surface area (Å²) in [5, 5.41) is 8.55. The van der Waals surface area contributed by atoms with Crippen LogP contribution in [-0.2, 0) is 0 Å². The molecule has 0 radical (unpaired) electrons. The largest absolute Gasteiger partial charge is 0.455 e. The van der Waals surface area contributed by atoms with E-state index in [0.29, 0.717) is 0 Å². The Labute approximate surface area is 366 Å². The lowest BCUT2D eigenvalue weighted by Gasteiger charge is -2.19. The second kappa shape index (κ2) is 15.3. The smallest absolute Gasteiger partial charge is 0.143 e. The standard InChI is InChI=1S/C62H40O/c1-4-14-41(15-5-1)51-34-36-55-56(39-51)60(54-23-13-12-22-53(54)59(55)46-29-24-43(25-30-46)50-33-28-42-16-10-11-21-49(42)38-50)47-31-26-44(27-32-47)52-35-37-58-57(40-52)61(45-17-6-2-7-18-45)62(63-58)48-19-8-3-9-20-48/h1-40H. The molecule has 0 N–H and O–H groups in total. The van der Waals surface area contributed by atoms with E-state index in [-0.39, 0.29) is 0 Å². The van der Waals surface area contributed by atoms with E-state index >= 15 is 0 Å². The maximum Gasteiger partial charge on any atom is 0.143 e. The summed E-state index contributed by atoms with van der Waals surface area (Å²) < 4.78 is 6.61. The van der Waals surface area contributed by atoms with E-state index in [9.17, 15) is 0 Å². The highest BCUT2D eigenvalue weighted by Gasteiger charge is 2.20. The van der Waals surface area contributed by atoms with Crippen LogP contribution in [0.5, 0.6) is 0 Å². The maximum absolute atomic E-state index is 6.61. The fraction of sp³-hybridized carbons (Fsp3) is 0. The summed E-state index contributed by atoms with van der Waals surface area (Å²) in [6.07, 6.45) is 0. The molecule has 12 rings (SSSR count). The molecular formula is C62H40O. The molecule has 1 nitrogen and oxygen atoms in total. The van der Waals surface area contributed by atoms with E-state index in [2.05, 4.69) is 237 Å². The van der Waals surface area contributed by atoms with Gasteiger partial charge in [-0.3, -0.25) is 0 Å². The van der Waals surface area contributed by atoms with Crippen molar-refractivity contribution < 1.29 is 4.42 Å². The normalized spacial score (nSPS) is 11.5. The molecule has 0 unspecified atom stereocenters. The Morgan fingerprint density at radius 3 is 1.24 bits per heavy atom. The van der Waals surface area contributed by atoms with Gasteiger partial charge in [-0.25, -0.2) is 0 Å². The summed E-state index contributed by atoms with van der Waals surface area (Å²) in [6.45, 7) is 0. The third kappa shape index (κ3) is 6.50. The zero-order chi connectivity index (χ0) is 41.7. The average Bonchev–Trinajstić information content (AvgIpc) is 3.75. The van der Waals surface area contributed by atoms with Gasteiger partial charge in [-0.1, -0.05) is 218 Å². The van der Waals surface area contributed by atoms with Crippen molar-refractivity contribution >= 4 is 43.3 Å². The van der Waals surface area contributed by atoms with Gasteiger partial charge in [0.25, 0.3) is 0 Å². The SMILES string of the molecule is c1ccc(-c2ccc3c(-c4ccc(-c5ccc6ccccc6c5)cc4)c4ccccc4c(-c4ccc(-c5ccc6oc(-c7ccccc7)c(-c7ccccc7)c6c5)cc4)c3c2)cc1. The van der Waals surface area contributed by atoms with Crippen molar-refractivity contribution in [3.8, 4) is 78.1 Å². The average molecular weight is 801 g/mol. The second-order valence-electron chi connectivity index (χ2n) is 16.4. The monoisotopic (exact) mass is 800 g/mol. The van der Waals surface area contributed by atoms with Gasteiger partial charge in [0.2, 0.25) is 0 Å². The van der Waals surface area contributed by atoms with Crippen LogP contribution in [0, 0.1) is 0 Å². The number of fused-ring (bicyclic) bond motifs is 4. The van der Waals surface area contributed by atoms with E-state index in [1.165, 1.54) is 76.8 Å². The summed E-state index contributed by atoms with van der Waals surface area (Å²) in [4.78, 5) is 0. The van der Waals surface area contributed by atoms with Crippen molar-refractivity contribution in [3.05, 3.63) is 243 Å². The fourth-order valence-electron chi connectivity index (χ4n) is 9.60. The minimum absolute atomic E-state index is 0.878. The van der Waals surface area contributed by atoms with Gasteiger partial charge in [-0.15, -0.1) is 0 Å². The third-order valence-electron chi connectivity index (χ3n) is 12.7. The molecule has 0 saturated carbocycles. The van der Waals surface area contributed by atoms with Crippen molar-refractivity contribution in [2.75, 3.05) is 0 Å². The molecule has 0 atom stereocenters. The fourth-order valence-corrected chi connectivity index (χ4v) is 9.60. The molecule has 0 aliphatic heterocycles. The number of hydrogen-bond acceptors (Lipinski definition) is 1. The van der Waals surface area contributed by atoms with Crippen LogP contribution in [0.2, 0.25) is 0 Å². The molecule has 1 heteroatoms. The molecule has 0 aliphatic carbocycles. The van der Waals surface area contributed by atoms with Crippen LogP contribution >= 0.6 is 0 Å². The third-order valence-corrected chi connectivity index (χ3v) is 12.7. The summed E-state index contributed by atoms with van der Waals surface area (Å²) in [5.41, 5.74) is 16.2. The molecule has 11 aromatic carbocycles. The van der Waals surface area contributed by atoms with Crippen LogP contribution in [0.1, 0.15) is 0 Å². The van der Waals surface area contributed by atoms with E-state index in [1.54, 1.807) is 0 Å². The number of furan rings is 1. The molecule has 12 aromatic rings. The van der Waals surface area contributed by atoms with Crippen molar-refractivity contribution in [3.63, 3.8) is 0 Å². The Morgan fingerprint density at radius 2 is 0.603 bits per heavy atom. The highest BCUT2D eigenvalue weighted by Crippen LogP contribution is 2.46. The lowest BCUT2D eigenvalue weighted by molar-refractivity contribution is 0.632. The summed E-state index contributed by atoms with van der Waals surface area (Å²) in [7, 11) is 0. The molecule has 294 valence electrons. The van der Waals surface area contributed by atoms with Crippen LogP contribution in [0.3, 0.4) is 0 Å². The molecule has 0 spiro atoms. The first-order chi connectivity index (χ1) is 31.2. The molecule has 0 amide bonds. The van der Waals surface area contributed by atoms with Gasteiger partial charge in [0, 0.05) is 16.5 Å². The van der Waals surface area contributed by atoms with Gasteiger partial charge < -0.3 is 4.42 Å². The maximum atomic E-state index is 6.61. The molecule has 0 aliphatic rings. The van der Waals surface area contributed by atoms with Crippen LogP contribution in [0.4, 0.5) is 0 Å². The molecule has 0 fully saturated rings. The predicted molar refractivity (Wildman–Crippen MR) is 267 cm³/mol. The van der Waals surface area contributed by atoms with Crippen molar-refractivity contribution in [1.82, 2.24) is 0 Å². The first-order valence-electron chi connectivity index (χ1n) is 21.7. The van der Waals surface area contributed by atoms with E-state index in [1.807, 2.05) is 6.07 Å². The molecule has 0 bridgehead atoms. The Morgan fingerprint density at radius 1 is 0.206 bits per heavy atom. The minimum Gasteiger partial charge on any atom is -0.455 e. The van der Waals surface area contributed by atoms with Gasteiger partial charge in [0.15, 0.2) is 0 Å². The van der Waals surface area contributed by atoms with Crippen molar-refractivity contribution in [1.29, 1.82) is 0 Å². The zero-order valence-corrected chi connectivity index (χ0v) is 34.5. The molecule has 1 aromatic heterocycles. The molecule has 63 heavy (non-hydrogen) atoms. The van der Waals surface area contributed by atoms with E-state index in [4.69, 9.17) is 4.42 Å². The Bertz CT molecular complexity index is 3620. The highest BCUT2D eigenvalue weighted by molar-refractivity contribution is 6.22. The van der Waals surface area contributed by atoms with Crippen molar-refractivity contribution in [2.24, 2.45) is 0 Å². The molecule has 0 saturated heterocycles. The van der Waals surface area contributed by atoms with Gasteiger partial charge in [0.1, 0.15) is 11.3 Å². The number of rotatable bonds is 7. The van der Waals surface area contributed by atoms with Crippen LogP contribution in [0.25, 0.3) is 121 Å². The topological polar surface area (TPSA) is 13.1 Å². The quantitative estimate of drug-likeness (QED) is 0.146. The first kappa shape index (κ1) is 36.6. The zero-order valence-electron chi connectivity index (χ0n) is 34.5. The summed E-state index contributed by atoms with van der Waals surface area (Å²) in [5.74, 6) is 0.891. The van der Waals surface area contributed by atoms with Gasteiger partial charge in [0.05, 0.1) is 0 Å². The van der Waals surface area contributed by atoms with Crippen molar-refractivity contribution in [2.45, 2.75) is 0 Å². The Hall–Kier alpha value is -8.26. The van der Waals surface area contributed by atoms with Gasteiger partial charge in [-0.2, -0.15) is 0 Å². The second-order valence-corrected chi connectivity index (χ2v) is 16.4. The molecule has 1 heterocycles. The van der Waals surface area contributed by atoms with Crippen LogP contribution < -0.4 is 0 Å². The first-order valence-corrected chi connectivity index (χ1v) is 21.7. The number of benzene rings is 11. The van der Waals surface area contributed by atoms with Gasteiger partial charge >= 0.3 is 0 Å². The number of hydrogen-bond donors (Lipinski definition) is 0. The Kier molecular flexibility index (Phi) is 8.90. The lowest BCUT2D eigenvalue weighted by Crippen LogP contribution is -1.92. The van der Waals surface area contributed by atoms with Gasteiger partial charge in [-0.05, 0) is 118 Å². The summed E-state index contributed by atoms with van der Waals surface area (Å²) in [6, 6.07) is 87.9. The van der Waals surface area contributed by atoms with Crippen LogP contribution in [-0.4, -0.2) is 0 Å². The lowest BCUT2D eigenvalue weighted by atomic mass is 9.84. The molecular weight excluding hydrogens is 761 g/mol. The Balaban J connectivity index is 0.999.